The third-order valence-electron chi connectivity index (χ3n) is 2.44. The third-order valence-corrected chi connectivity index (χ3v) is 2.44. The number of rotatable bonds is 5. The Morgan fingerprint density at radius 2 is 2.33 bits per heavy atom. The Balaban J connectivity index is 1.83. The first-order valence-electron chi connectivity index (χ1n) is 5.10. The quantitative estimate of drug-likeness (QED) is 0.744. The number of hydrogen-bond acceptors (Lipinski definition) is 3. The van der Waals surface area contributed by atoms with Gasteiger partial charge in [0.05, 0.1) is 12.7 Å². The molecule has 1 saturated carbocycles. The van der Waals surface area contributed by atoms with E-state index in [-0.39, 0.29) is 12.3 Å². The highest BCUT2D eigenvalue weighted by Gasteiger charge is 2.20. The van der Waals surface area contributed by atoms with Crippen molar-refractivity contribution < 1.29 is 9.18 Å². The van der Waals surface area contributed by atoms with E-state index in [0.717, 1.165) is 18.7 Å². The maximum atomic E-state index is 12.8. The van der Waals surface area contributed by atoms with Gasteiger partial charge in [-0.2, -0.15) is 0 Å². The van der Waals surface area contributed by atoms with Crippen molar-refractivity contribution in [3.8, 4) is 0 Å². The molecule has 0 amide bonds. The van der Waals surface area contributed by atoms with Crippen LogP contribution >= 0.6 is 0 Å². The number of aromatic nitrogens is 1. The fraction of sp³-hybridized carbons (Fsp3) is 0.455. The van der Waals surface area contributed by atoms with Gasteiger partial charge in [0.1, 0.15) is 5.82 Å². The Morgan fingerprint density at radius 3 is 3.00 bits per heavy atom. The van der Waals surface area contributed by atoms with Crippen molar-refractivity contribution in [1.82, 2.24) is 10.3 Å². The van der Waals surface area contributed by atoms with E-state index in [1.165, 1.54) is 25.1 Å². The van der Waals surface area contributed by atoms with Crippen molar-refractivity contribution in [3.05, 3.63) is 29.8 Å². The molecule has 1 N–H and O–H groups in total. The molecule has 0 radical (unpaired) electrons. The number of nitrogens with one attached hydrogen (secondary N) is 1. The van der Waals surface area contributed by atoms with Crippen LogP contribution in [0.2, 0.25) is 0 Å². The van der Waals surface area contributed by atoms with E-state index in [0.29, 0.717) is 5.56 Å². The first-order valence-corrected chi connectivity index (χ1v) is 5.10. The molecule has 4 heteroatoms. The van der Waals surface area contributed by atoms with E-state index in [2.05, 4.69) is 10.3 Å². The SMILES string of the molecule is O=C(CNCC1CC1)c1cncc(F)c1. The number of Topliss-reactive ketones (excluding diaryl/α,β-unsaturated/α-hetero) is 1. The smallest absolute Gasteiger partial charge is 0.178 e. The minimum atomic E-state index is -0.469. The number of carbonyl (C=O) groups is 1. The van der Waals surface area contributed by atoms with Crippen molar-refractivity contribution in [3.63, 3.8) is 0 Å². The summed E-state index contributed by atoms with van der Waals surface area (Å²) < 4.78 is 12.8. The second kappa shape index (κ2) is 4.49. The van der Waals surface area contributed by atoms with E-state index in [1.807, 2.05) is 0 Å². The van der Waals surface area contributed by atoms with Gasteiger partial charge in [0.15, 0.2) is 5.78 Å². The fourth-order valence-corrected chi connectivity index (χ4v) is 1.38. The summed E-state index contributed by atoms with van der Waals surface area (Å²) in [5.41, 5.74) is 0.332. The summed E-state index contributed by atoms with van der Waals surface area (Å²) in [7, 11) is 0. The molecule has 3 nitrogen and oxygen atoms in total. The first-order chi connectivity index (χ1) is 7.25. The highest BCUT2D eigenvalue weighted by atomic mass is 19.1. The maximum absolute atomic E-state index is 12.8. The van der Waals surface area contributed by atoms with Crippen molar-refractivity contribution >= 4 is 5.78 Å². The minimum absolute atomic E-state index is 0.109. The first kappa shape index (κ1) is 10.2. The summed E-state index contributed by atoms with van der Waals surface area (Å²) in [5.74, 6) is 0.161. The molecule has 0 aliphatic heterocycles. The van der Waals surface area contributed by atoms with Crippen molar-refractivity contribution in [2.45, 2.75) is 12.8 Å². The summed E-state index contributed by atoms with van der Waals surface area (Å²) >= 11 is 0. The lowest BCUT2D eigenvalue weighted by atomic mass is 10.2. The fourth-order valence-electron chi connectivity index (χ4n) is 1.38. The Kier molecular flexibility index (Phi) is 3.06. The van der Waals surface area contributed by atoms with Gasteiger partial charge in [-0.25, -0.2) is 4.39 Å². The van der Waals surface area contributed by atoms with Gasteiger partial charge in [-0.3, -0.25) is 9.78 Å². The van der Waals surface area contributed by atoms with Crippen molar-refractivity contribution in [1.29, 1.82) is 0 Å². The molecule has 0 bridgehead atoms. The molecule has 2 rings (SSSR count). The monoisotopic (exact) mass is 208 g/mol. The molecule has 0 saturated heterocycles. The topological polar surface area (TPSA) is 42.0 Å². The normalized spacial score (nSPS) is 15.3. The zero-order chi connectivity index (χ0) is 10.7. The molecular formula is C11H13FN2O. The van der Waals surface area contributed by atoms with Gasteiger partial charge in [-0.15, -0.1) is 0 Å². The molecule has 1 aromatic heterocycles. The lowest BCUT2D eigenvalue weighted by Gasteiger charge is -2.02. The molecule has 80 valence electrons. The molecule has 0 atom stereocenters. The third kappa shape index (κ3) is 3.09. The molecule has 1 fully saturated rings. The van der Waals surface area contributed by atoms with E-state index in [4.69, 9.17) is 0 Å². The molecular weight excluding hydrogens is 195 g/mol. The Labute approximate surface area is 87.7 Å². The van der Waals surface area contributed by atoms with Crippen LogP contribution in [0.25, 0.3) is 0 Å². The van der Waals surface area contributed by atoms with E-state index < -0.39 is 5.82 Å². The Hall–Kier alpha value is -1.29. The standard InChI is InChI=1S/C11H13FN2O/c12-10-3-9(5-14-6-10)11(15)7-13-4-8-1-2-8/h3,5-6,8,13H,1-2,4,7H2. The van der Waals surface area contributed by atoms with Gasteiger partial charge >= 0.3 is 0 Å². The summed E-state index contributed by atoms with van der Waals surface area (Å²) in [6.07, 6.45) is 4.99. The number of hydrogen-bond donors (Lipinski definition) is 1. The Morgan fingerprint density at radius 1 is 1.53 bits per heavy atom. The molecule has 0 spiro atoms. The Bertz CT molecular complexity index is 363. The summed E-state index contributed by atoms with van der Waals surface area (Å²) in [6.45, 7) is 1.15. The minimum Gasteiger partial charge on any atom is -0.309 e. The molecule has 1 heterocycles. The van der Waals surface area contributed by atoms with Gasteiger partial charge in [0.25, 0.3) is 0 Å². The summed E-state index contributed by atoms with van der Waals surface area (Å²) in [6, 6.07) is 1.22. The van der Waals surface area contributed by atoms with Gasteiger partial charge in [-0.1, -0.05) is 0 Å². The lowest BCUT2D eigenvalue weighted by Crippen LogP contribution is -2.25. The van der Waals surface area contributed by atoms with Crippen molar-refractivity contribution in [2.75, 3.05) is 13.1 Å². The number of carbonyl (C=O) groups excluding carboxylic acids is 1. The zero-order valence-electron chi connectivity index (χ0n) is 8.37. The zero-order valence-corrected chi connectivity index (χ0v) is 8.37. The van der Waals surface area contributed by atoms with Crippen LogP contribution in [-0.4, -0.2) is 23.9 Å². The molecule has 0 unspecified atom stereocenters. The van der Waals surface area contributed by atoms with Crippen LogP contribution in [0.4, 0.5) is 4.39 Å². The number of pyridine rings is 1. The average molecular weight is 208 g/mol. The second-order valence-electron chi connectivity index (χ2n) is 3.89. The molecule has 0 aromatic carbocycles. The van der Waals surface area contributed by atoms with Crippen LogP contribution < -0.4 is 5.32 Å². The number of nitrogens with zero attached hydrogens (tertiary/aromatic N) is 1. The highest BCUT2D eigenvalue weighted by molar-refractivity contribution is 5.97. The second-order valence-corrected chi connectivity index (χ2v) is 3.89. The van der Waals surface area contributed by atoms with Crippen LogP contribution in [0.3, 0.4) is 0 Å². The summed E-state index contributed by atoms with van der Waals surface area (Å²) in [5, 5.41) is 3.07. The maximum Gasteiger partial charge on any atom is 0.178 e. The molecule has 1 aromatic rings. The average Bonchev–Trinajstić information content (AvgIpc) is 3.01. The van der Waals surface area contributed by atoms with Gasteiger partial charge in [-0.05, 0) is 31.4 Å². The van der Waals surface area contributed by atoms with E-state index in [9.17, 15) is 9.18 Å². The lowest BCUT2D eigenvalue weighted by molar-refractivity contribution is 0.0990. The van der Waals surface area contributed by atoms with Crippen molar-refractivity contribution in [2.24, 2.45) is 5.92 Å². The summed E-state index contributed by atoms with van der Waals surface area (Å²) in [4.78, 5) is 15.2. The van der Waals surface area contributed by atoms with E-state index in [1.54, 1.807) is 0 Å². The van der Waals surface area contributed by atoms with Crippen LogP contribution in [0.5, 0.6) is 0 Å². The highest BCUT2D eigenvalue weighted by Crippen LogP contribution is 2.27. The van der Waals surface area contributed by atoms with Crippen LogP contribution in [-0.2, 0) is 0 Å². The van der Waals surface area contributed by atoms with Crippen LogP contribution in [0, 0.1) is 11.7 Å². The number of ketones is 1. The van der Waals surface area contributed by atoms with Crippen LogP contribution in [0.15, 0.2) is 18.5 Å². The predicted molar refractivity (Wildman–Crippen MR) is 54.1 cm³/mol. The van der Waals surface area contributed by atoms with Gasteiger partial charge in [0.2, 0.25) is 0 Å². The van der Waals surface area contributed by atoms with Gasteiger partial charge in [0, 0.05) is 11.8 Å². The molecule has 1 aliphatic rings. The molecule has 1 aliphatic carbocycles. The van der Waals surface area contributed by atoms with Crippen LogP contribution in [0.1, 0.15) is 23.2 Å². The van der Waals surface area contributed by atoms with E-state index >= 15 is 0 Å². The van der Waals surface area contributed by atoms with Gasteiger partial charge < -0.3 is 5.32 Å². The largest absolute Gasteiger partial charge is 0.309 e. The number of halogens is 1. The molecule has 15 heavy (non-hydrogen) atoms. The predicted octanol–water partition coefficient (Wildman–Crippen LogP) is 1.40.